The predicted octanol–water partition coefficient (Wildman–Crippen LogP) is 2.99. The number of nitrogens with zero attached hydrogens (tertiary/aromatic N) is 1. The third-order valence-corrected chi connectivity index (χ3v) is 3.91. The molecule has 1 N–H and O–H groups in total. The fraction of sp³-hybridized carbons (Fsp3) is 0.450. The molecule has 2 aromatic rings. The van der Waals surface area contributed by atoms with Crippen LogP contribution in [0.1, 0.15) is 31.1 Å². The Balaban J connectivity index is 2.00. The molecule has 0 fully saturated rings. The predicted molar refractivity (Wildman–Crippen MR) is 97.7 cm³/mol. The van der Waals surface area contributed by atoms with Crippen molar-refractivity contribution in [3.05, 3.63) is 54.0 Å². The Morgan fingerprint density at radius 3 is 2.73 bits per heavy atom. The fourth-order valence-corrected chi connectivity index (χ4v) is 2.70. The number of carbonyl (C=O) groups excluding carboxylic acids is 1. The quantitative estimate of drug-likeness (QED) is 0.621. The summed E-state index contributed by atoms with van der Waals surface area (Å²) in [6.07, 6.45) is 1.94. The molecule has 1 aromatic carbocycles. The van der Waals surface area contributed by atoms with Crippen molar-refractivity contribution in [2.45, 2.75) is 39.0 Å². The largest absolute Gasteiger partial charge is 0.496 e. The first-order chi connectivity index (χ1) is 12.6. The molecule has 6 nitrogen and oxygen atoms in total. The number of carbonyl (C=O) groups is 1. The van der Waals surface area contributed by atoms with Crippen molar-refractivity contribution in [1.29, 1.82) is 0 Å². The maximum absolute atomic E-state index is 11.5. The van der Waals surface area contributed by atoms with E-state index >= 15 is 0 Å². The number of benzene rings is 1. The van der Waals surface area contributed by atoms with Crippen molar-refractivity contribution in [2.24, 2.45) is 0 Å². The second kappa shape index (κ2) is 10.6. The van der Waals surface area contributed by atoms with Gasteiger partial charge < -0.3 is 19.0 Å². The lowest BCUT2D eigenvalue weighted by Gasteiger charge is -2.25. The fourth-order valence-electron chi connectivity index (χ4n) is 2.70. The van der Waals surface area contributed by atoms with Gasteiger partial charge in [-0.15, -0.1) is 0 Å². The van der Waals surface area contributed by atoms with Crippen LogP contribution in [0.5, 0.6) is 5.75 Å². The third kappa shape index (κ3) is 6.54. The molecule has 6 heteroatoms. The van der Waals surface area contributed by atoms with Gasteiger partial charge in [0.25, 0.3) is 0 Å². The van der Waals surface area contributed by atoms with Gasteiger partial charge in [0.2, 0.25) is 0 Å². The lowest BCUT2D eigenvalue weighted by Crippen LogP contribution is -2.34. The van der Waals surface area contributed by atoms with Gasteiger partial charge in [0.1, 0.15) is 24.2 Å². The Morgan fingerprint density at radius 1 is 1.23 bits per heavy atom. The first-order valence-electron chi connectivity index (χ1n) is 8.82. The van der Waals surface area contributed by atoms with Crippen molar-refractivity contribution >= 4 is 5.97 Å². The average Bonchev–Trinajstić information content (AvgIpc) is 3.13. The summed E-state index contributed by atoms with van der Waals surface area (Å²) < 4.78 is 16.0. The molecule has 0 aliphatic rings. The number of aliphatic hydroxyl groups excluding tert-OH is 1. The zero-order valence-electron chi connectivity index (χ0n) is 15.4. The van der Waals surface area contributed by atoms with Crippen molar-refractivity contribution in [3.63, 3.8) is 0 Å². The number of methoxy groups -OCH3 is 1. The molecule has 0 unspecified atom stereocenters. The van der Waals surface area contributed by atoms with Crippen LogP contribution in [-0.4, -0.2) is 42.3 Å². The van der Waals surface area contributed by atoms with Gasteiger partial charge in [-0.1, -0.05) is 25.1 Å². The zero-order chi connectivity index (χ0) is 18.8. The maximum atomic E-state index is 11.5. The molecule has 0 radical (unpaired) electrons. The van der Waals surface area contributed by atoms with E-state index in [0.29, 0.717) is 26.1 Å². The number of hydrogen-bond donors (Lipinski definition) is 1. The van der Waals surface area contributed by atoms with Crippen LogP contribution < -0.4 is 4.74 Å². The van der Waals surface area contributed by atoms with Gasteiger partial charge in [-0.25, -0.2) is 0 Å². The molecule has 0 spiro atoms. The zero-order valence-corrected chi connectivity index (χ0v) is 15.4. The number of rotatable bonds is 11. The molecule has 26 heavy (non-hydrogen) atoms. The number of esters is 1. The first-order valence-corrected chi connectivity index (χ1v) is 8.82. The standard InChI is InChI=1S/C20H27NO5/c1-3-7-20(23)26-15-17(22)13-21(14-18-9-6-11-25-18)12-16-8-4-5-10-19(16)24-2/h4-6,8-11,17,22H,3,7,12-15H2,1-2H3/t17-/m1/s1. The van der Waals surface area contributed by atoms with Crippen LogP contribution in [0.25, 0.3) is 0 Å². The van der Waals surface area contributed by atoms with Gasteiger partial charge in [0, 0.05) is 25.1 Å². The molecule has 0 bridgehead atoms. The minimum Gasteiger partial charge on any atom is -0.496 e. The Kier molecular flexibility index (Phi) is 8.18. The van der Waals surface area contributed by atoms with Crippen LogP contribution in [-0.2, 0) is 22.6 Å². The number of aliphatic hydroxyl groups is 1. The summed E-state index contributed by atoms with van der Waals surface area (Å²) in [5, 5.41) is 10.3. The summed E-state index contributed by atoms with van der Waals surface area (Å²) >= 11 is 0. The highest BCUT2D eigenvalue weighted by Gasteiger charge is 2.17. The van der Waals surface area contributed by atoms with Gasteiger partial charge in [0.15, 0.2) is 0 Å². The van der Waals surface area contributed by atoms with Crippen LogP contribution in [0.4, 0.5) is 0 Å². The van der Waals surface area contributed by atoms with Gasteiger partial charge in [-0.3, -0.25) is 9.69 Å². The molecule has 0 amide bonds. The van der Waals surface area contributed by atoms with E-state index < -0.39 is 6.10 Å². The number of furan rings is 1. The molecule has 142 valence electrons. The molecule has 1 aromatic heterocycles. The van der Waals surface area contributed by atoms with Gasteiger partial charge in [-0.05, 0) is 24.6 Å². The Labute approximate surface area is 154 Å². The summed E-state index contributed by atoms with van der Waals surface area (Å²) in [6, 6.07) is 11.5. The van der Waals surface area contributed by atoms with Crippen LogP contribution >= 0.6 is 0 Å². The van der Waals surface area contributed by atoms with E-state index in [1.165, 1.54) is 0 Å². The van der Waals surface area contributed by atoms with Gasteiger partial charge in [0.05, 0.1) is 19.9 Å². The number of ether oxygens (including phenoxy) is 2. The van der Waals surface area contributed by atoms with Crippen molar-refractivity contribution in [2.75, 3.05) is 20.3 Å². The van der Waals surface area contributed by atoms with Gasteiger partial charge >= 0.3 is 5.97 Å². The van der Waals surface area contributed by atoms with Crippen molar-refractivity contribution in [3.8, 4) is 5.75 Å². The highest BCUT2D eigenvalue weighted by Crippen LogP contribution is 2.20. The van der Waals surface area contributed by atoms with Crippen LogP contribution in [0.3, 0.4) is 0 Å². The Bertz CT molecular complexity index is 656. The molecule has 0 aliphatic carbocycles. The average molecular weight is 361 g/mol. The highest BCUT2D eigenvalue weighted by molar-refractivity contribution is 5.69. The lowest BCUT2D eigenvalue weighted by atomic mass is 10.1. The lowest BCUT2D eigenvalue weighted by molar-refractivity contribution is -0.147. The third-order valence-electron chi connectivity index (χ3n) is 3.91. The number of para-hydroxylation sites is 1. The molecular weight excluding hydrogens is 334 g/mol. The van der Waals surface area contributed by atoms with E-state index in [2.05, 4.69) is 0 Å². The molecule has 1 atom stereocenters. The smallest absolute Gasteiger partial charge is 0.305 e. The minimum atomic E-state index is -0.777. The normalized spacial score (nSPS) is 12.2. The van der Waals surface area contributed by atoms with Crippen LogP contribution in [0.15, 0.2) is 47.1 Å². The summed E-state index contributed by atoms with van der Waals surface area (Å²) in [5.41, 5.74) is 1.01. The van der Waals surface area contributed by atoms with E-state index in [0.717, 1.165) is 23.5 Å². The SMILES string of the molecule is CCCC(=O)OC[C@H](O)CN(Cc1ccco1)Cc1ccccc1OC. The van der Waals surface area contributed by atoms with Crippen molar-refractivity contribution in [1.82, 2.24) is 4.90 Å². The molecule has 0 saturated carbocycles. The topological polar surface area (TPSA) is 72.1 Å². The Hall–Kier alpha value is -2.31. The molecule has 0 aliphatic heterocycles. The maximum Gasteiger partial charge on any atom is 0.305 e. The minimum absolute atomic E-state index is 0.0145. The summed E-state index contributed by atoms with van der Waals surface area (Å²) in [5.74, 6) is 1.31. The molecule has 1 heterocycles. The second-order valence-corrected chi connectivity index (χ2v) is 6.15. The second-order valence-electron chi connectivity index (χ2n) is 6.15. The van der Waals surface area contributed by atoms with E-state index in [1.807, 2.05) is 48.2 Å². The molecule has 0 saturated heterocycles. The van der Waals surface area contributed by atoms with E-state index in [9.17, 15) is 9.90 Å². The first kappa shape index (κ1) is 20.0. The summed E-state index contributed by atoms with van der Waals surface area (Å²) in [7, 11) is 1.64. The van der Waals surface area contributed by atoms with E-state index in [-0.39, 0.29) is 12.6 Å². The van der Waals surface area contributed by atoms with Crippen LogP contribution in [0, 0.1) is 0 Å². The molecular formula is C20H27NO5. The summed E-state index contributed by atoms with van der Waals surface area (Å²) in [6.45, 7) is 3.35. The van der Waals surface area contributed by atoms with E-state index in [1.54, 1.807) is 13.4 Å². The highest BCUT2D eigenvalue weighted by atomic mass is 16.5. The molecule has 2 rings (SSSR count). The summed E-state index contributed by atoms with van der Waals surface area (Å²) in [4.78, 5) is 13.5. The van der Waals surface area contributed by atoms with Gasteiger partial charge in [-0.2, -0.15) is 0 Å². The van der Waals surface area contributed by atoms with Crippen molar-refractivity contribution < 1.29 is 23.8 Å². The van der Waals surface area contributed by atoms with Crippen LogP contribution in [0.2, 0.25) is 0 Å². The monoisotopic (exact) mass is 361 g/mol. The Morgan fingerprint density at radius 2 is 2.04 bits per heavy atom. The number of hydrogen-bond acceptors (Lipinski definition) is 6. The van der Waals surface area contributed by atoms with E-state index in [4.69, 9.17) is 13.9 Å².